The van der Waals surface area contributed by atoms with Gasteiger partial charge in [0, 0.05) is 31.6 Å². The van der Waals surface area contributed by atoms with Crippen LogP contribution in [0.25, 0.3) is 10.9 Å². The summed E-state index contributed by atoms with van der Waals surface area (Å²) in [6.45, 7) is 4.68. The van der Waals surface area contributed by atoms with Gasteiger partial charge in [0.15, 0.2) is 0 Å². The largest absolute Gasteiger partial charge is 0.383 e. The number of nitrogens with one attached hydrogen (secondary N) is 1. The standard InChI is InChI=1S/C23H35N5O2/c1-16(15-30-3)25-23-24-13-19-21(26-23)20(17-7-5-4-6-8-17)14-28(22(19)29)18-9-11-27(2)12-10-18/h13-14,16-18H,4-12,15H2,1-3H3,(H,24,25,26). The van der Waals surface area contributed by atoms with E-state index in [0.717, 1.165) is 31.4 Å². The molecule has 164 valence electrons. The highest BCUT2D eigenvalue weighted by Crippen LogP contribution is 2.36. The van der Waals surface area contributed by atoms with Gasteiger partial charge in [-0.25, -0.2) is 9.97 Å². The average Bonchev–Trinajstić information content (AvgIpc) is 2.75. The Morgan fingerprint density at radius 2 is 1.93 bits per heavy atom. The second-order valence-corrected chi connectivity index (χ2v) is 9.12. The summed E-state index contributed by atoms with van der Waals surface area (Å²) < 4.78 is 7.22. The Balaban J connectivity index is 1.77. The number of hydrogen-bond donors (Lipinski definition) is 1. The second kappa shape index (κ2) is 9.43. The molecule has 0 bridgehead atoms. The van der Waals surface area contributed by atoms with Gasteiger partial charge in [-0.3, -0.25) is 4.79 Å². The van der Waals surface area contributed by atoms with Crippen molar-refractivity contribution in [1.82, 2.24) is 19.4 Å². The summed E-state index contributed by atoms with van der Waals surface area (Å²) in [4.78, 5) is 25.1. The number of fused-ring (bicyclic) bond motifs is 1. The van der Waals surface area contributed by atoms with Crippen LogP contribution in [-0.4, -0.2) is 59.3 Å². The van der Waals surface area contributed by atoms with Gasteiger partial charge in [-0.15, -0.1) is 0 Å². The van der Waals surface area contributed by atoms with Crippen molar-refractivity contribution in [3.8, 4) is 0 Å². The van der Waals surface area contributed by atoms with Gasteiger partial charge in [-0.2, -0.15) is 0 Å². The molecule has 2 aliphatic rings. The fourth-order valence-electron chi connectivity index (χ4n) is 5.01. The zero-order valence-electron chi connectivity index (χ0n) is 18.6. The van der Waals surface area contributed by atoms with Crippen molar-refractivity contribution in [2.75, 3.05) is 39.2 Å². The average molecular weight is 414 g/mol. The monoisotopic (exact) mass is 413 g/mol. The van der Waals surface area contributed by atoms with Crippen LogP contribution in [0.1, 0.15) is 69.4 Å². The van der Waals surface area contributed by atoms with Crippen molar-refractivity contribution in [3.05, 3.63) is 28.3 Å². The van der Waals surface area contributed by atoms with Crippen LogP contribution in [0.15, 0.2) is 17.2 Å². The molecule has 1 unspecified atom stereocenters. The van der Waals surface area contributed by atoms with Crippen LogP contribution >= 0.6 is 0 Å². The summed E-state index contributed by atoms with van der Waals surface area (Å²) in [6, 6.07) is 0.366. The maximum atomic E-state index is 13.4. The van der Waals surface area contributed by atoms with Crippen molar-refractivity contribution in [3.63, 3.8) is 0 Å². The summed E-state index contributed by atoms with van der Waals surface area (Å²) in [5, 5.41) is 3.96. The molecule has 2 aromatic heterocycles. The van der Waals surface area contributed by atoms with E-state index in [9.17, 15) is 4.79 Å². The number of anilines is 1. The molecule has 1 saturated heterocycles. The number of rotatable bonds is 6. The maximum Gasteiger partial charge on any atom is 0.261 e. The highest BCUT2D eigenvalue weighted by Gasteiger charge is 2.25. The minimum absolute atomic E-state index is 0.0515. The lowest BCUT2D eigenvalue weighted by atomic mass is 9.84. The molecular formula is C23H35N5O2. The van der Waals surface area contributed by atoms with Gasteiger partial charge in [-0.1, -0.05) is 19.3 Å². The molecule has 7 nitrogen and oxygen atoms in total. The zero-order chi connectivity index (χ0) is 21.1. The maximum absolute atomic E-state index is 13.4. The van der Waals surface area contributed by atoms with Gasteiger partial charge in [0.05, 0.1) is 17.5 Å². The third kappa shape index (κ3) is 4.52. The first-order valence-electron chi connectivity index (χ1n) is 11.4. The van der Waals surface area contributed by atoms with Gasteiger partial charge in [0.1, 0.15) is 0 Å². The molecule has 4 rings (SSSR count). The van der Waals surface area contributed by atoms with Crippen molar-refractivity contribution in [1.29, 1.82) is 0 Å². The van der Waals surface area contributed by atoms with Gasteiger partial charge < -0.3 is 19.5 Å². The molecule has 30 heavy (non-hydrogen) atoms. The van der Waals surface area contributed by atoms with E-state index in [1.54, 1.807) is 13.3 Å². The molecule has 2 aromatic rings. The van der Waals surface area contributed by atoms with Crippen LogP contribution < -0.4 is 10.9 Å². The molecule has 1 atom stereocenters. The topological polar surface area (TPSA) is 72.3 Å². The number of hydrogen-bond acceptors (Lipinski definition) is 6. The van der Waals surface area contributed by atoms with E-state index in [2.05, 4.69) is 28.4 Å². The molecule has 2 fully saturated rings. The first-order chi connectivity index (χ1) is 14.6. The minimum atomic E-state index is 0.0515. The Morgan fingerprint density at radius 1 is 1.20 bits per heavy atom. The third-order valence-electron chi connectivity index (χ3n) is 6.72. The second-order valence-electron chi connectivity index (χ2n) is 9.12. The lowest BCUT2D eigenvalue weighted by Gasteiger charge is -2.31. The fraction of sp³-hybridized carbons (Fsp3) is 0.696. The fourth-order valence-corrected chi connectivity index (χ4v) is 5.01. The van der Waals surface area contributed by atoms with Crippen LogP contribution in [0.2, 0.25) is 0 Å². The molecule has 0 radical (unpaired) electrons. The third-order valence-corrected chi connectivity index (χ3v) is 6.72. The summed E-state index contributed by atoms with van der Waals surface area (Å²) in [5.74, 6) is 1.04. The molecular weight excluding hydrogens is 378 g/mol. The van der Waals surface area contributed by atoms with Crippen molar-refractivity contribution in [2.45, 2.75) is 69.9 Å². The highest BCUT2D eigenvalue weighted by atomic mass is 16.5. The first kappa shape index (κ1) is 21.2. The van der Waals surface area contributed by atoms with E-state index >= 15 is 0 Å². The minimum Gasteiger partial charge on any atom is -0.383 e. The van der Waals surface area contributed by atoms with E-state index in [-0.39, 0.29) is 17.6 Å². The van der Waals surface area contributed by atoms with Crippen LogP contribution in [0.3, 0.4) is 0 Å². The SMILES string of the molecule is COCC(C)Nc1ncc2c(=O)n(C3CCN(C)CC3)cc(C3CCCCC3)c2n1. The lowest BCUT2D eigenvalue weighted by Crippen LogP contribution is -2.35. The van der Waals surface area contributed by atoms with Gasteiger partial charge in [-0.05, 0) is 64.2 Å². The predicted molar refractivity (Wildman–Crippen MR) is 120 cm³/mol. The van der Waals surface area contributed by atoms with Crippen molar-refractivity contribution in [2.24, 2.45) is 0 Å². The van der Waals surface area contributed by atoms with E-state index in [1.165, 1.54) is 37.7 Å². The number of methoxy groups -OCH3 is 1. The number of piperidine rings is 1. The predicted octanol–water partition coefficient (Wildman–Crippen LogP) is 3.55. The lowest BCUT2D eigenvalue weighted by molar-refractivity contribution is 0.190. The molecule has 7 heteroatoms. The van der Waals surface area contributed by atoms with E-state index < -0.39 is 0 Å². The normalized spacial score (nSPS) is 20.5. The number of aromatic nitrogens is 3. The zero-order valence-corrected chi connectivity index (χ0v) is 18.6. The molecule has 0 aromatic carbocycles. The number of nitrogens with zero attached hydrogens (tertiary/aromatic N) is 4. The van der Waals surface area contributed by atoms with Crippen molar-refractivity contribution < 1.29 is 4.74 Å². The van der Waals surface area contributed by atoms with Gasteiger partial charge in [0.25, 0.3) is 5.56 Å². The Labute approximate surface area is 178 Å². The smallest absolute Gasteiger partial charge is 0.261 e. The Hall–Kier alpha value is -1.99. The van der Waals surface area contributed by atoms with E-state index in [4.69, 9.17) is 9.72 Å². The van der Waals surface area contributed by atoms with E-state index in [0.29, 0.717) is 23.9 Å². The van der Waals surface area contributed by atoms with Crippen LogP contribution in [-0.2, 0) is 4.74 Å². The summed E-state index contributed by atoms with van der Waals surface area (Å²) in [5.41, 5.74) is 2.11. The molecule has 0 spiro atoms. The van der Waals surface area contributed by atoms with Crippen LogP contribution in [0, 0.1) is 0 Å². The van der Waals surface area contributed by atoms with Crippen LogP contribution in [0.4, 0.5) is 5.95 Å². The molecule has 1 saturated carbocycles. The van der Waals surface area contributed by atoms with Crippen LogP contribution in [0.5, 0.6) is 0 Å². The molecule has 1 N–H and O–H groups in total. The first-order valence-corrected chi connectivity index (χ1v) is 11.4. The Kier molecular flexibility index (Phi) is 6.68. The van der Waals surface area contributed by atoms with Gasteiger partial charge >= 0.3 is 0 Å². The highest BCUT2D eigenvalue weighted by molar-refractivity contribution is 5.81. The van der Waals surface area contributed by atoms with Crippen molar-refractivity contribution >= 4 is 16.9 Å². The summed E-state index contributed by atoms with van der Waals surface area (Å²) in [6.07, 6.45) is 12.1. The Bertz CT molecular complexity index is 914. The molecule has 1 aliphatic heterocycles. The molecule has 1 aliphatic carbocycles. The molecule has 0 amide bonds. The Morgan fingerprint density at radius 3 is 2.63 bits per heavy atom. The molecule has 3 heterocycles. The number of ether oxygens (including phenoxy) is 1. The van der Waals surface area contributed by atoms with E-state index in [1.807, 2.05) is 11.5 Å². The quantitative estimate of drug-likeness (QED) is 0.781. The summed E-state index contributed by atoms with van der Waals surface area (Å²) >= 11 is 0. The summed E-state index contributed by atoms with van der Waals surface area (Å²) in [7, 11) is 3.84. The number of pyridine rings is 1. The van der Waals surface area contributed by atoms with Gasteiger partial charge in [0.2, 0.25) is 5.95 Å². The number of likely N-dealkylation sites (tertiary alicyclic amines) is 1.